The zero-order valence-corrected chi connectivity index (χ0v) is 36.9. The van der Waals surface area contributed by atoms with Crippen LogP contribution in [0.25, 0.3) is 11.1 Å². The van der Waals surface area contributed by atoms with Crippen LogP contribution in [0.4, 0.5) is 34.1 Å². The molecule has 4 fully saturated rings. The van der Waals surface area contributed by atoms with E-state index >= 15 is 0 Å². The Kier molecular flexibility index (Phi) is 9.19. The molecule has 0 aromatic heterocycles. The number of fused-ring (bicyclic) bond motifs is 3. The molecule has 4 saturated carbocycles. The molecule has 312 valence electrons. The summed E-state index contributed by atoms with van der Waals surface area (Å²) in [5.41, 5.74) is 17.2. The van der Waals surface area contributed by atoms with Crippen LogP contribution in [0.2, 0.25) is 0 Å². The third kappa shape index (κ3) is 6.43. The fourth-order valence-corrected chi connectivity index (χ4v) is 13.7. The van der Waals surface area contributed by atoms with Gasteiger partial charge >= 0.3 is 0 Å². The molecule has 7 aromatic carbocycles. The summed E-state index contributed by atoms with van der Waals surface area (Å²) in [6.07, 6.45) is 16.6. The van der Waals surface area contributed by atoms with Crippen molar-refractivity contribution in [2.45, 2.75) is 87.9 Å². The average Bonchev–Trinajstić information content (AvgIpc) is 3.55. The number of hydrogen-bond donors (Lipinski definition) is 0. The van der Waals surface area contributed by atoms with Gasteiger partial charge in [-0.2, -0.15) is 0 Å². The molecule has 1 atom stereocenters. The van der Waals surface area contributed by atoms with E-state index in [1.54, 1.807) is 5.56 Å². The maximum absolute atomic E-state index is 2.49. The molecular formula is C61H58N2. The molecular weight excluding hydrogens is 761 g/mol. The van der Waals surface area contributed by atoms with Gasteiger partial charge in [-0.3, -0.25) is 0 Å². The highest BCUT2D eigenvalue weighted by atomic mass is 15.1. The molecule has 0 spiro atoms. The highest BCUT2D eigenvalue weighted by Crippen LogP contribution is 2.61. The second kappa shape index (κ2) is 15.0. The van der Waals surface area contributed by atoms with E-state index < -0.39 is 0 Å². The second-order valence-corrected chi connectivity index (χ2v) is 20.4. The molecule has 1 unspecified atom stereocenters. The Bertz CT molecular complexity index is 2760. The maximum Gasteiger partial charge on any atom is 0.0465 e. The third-order valence-electron chi connectivity index (χ3n) is 16.4. The van der Waals surface area contributed by atoms with Crippen molar-refractivity contribution in [3.8, 4) is 11.1 Å². The van der Waals surface area contributed by atoms with Crippen LogP contribution >= 0.6 is 0 Å². The van der Waals surface area contributed by atoms with Gasteiger partial charge in [0.05, 0.1) is 0 Å². The van der Waals surface area contributed by atoms with Crippen molar-refractivity contribution in [2.75, 3.05) is 9.80 Å². The Morgan fingerprint density at radius 2 is 0.857 bits per heavy atom. The van der Waals surface area contributed by atoms with Crippen molar-refractivity contribution in [3.63, 3.8) is 0 Å². The Hall–Kier alpha value is -6.12. The van der Waals surface area contributed by atoms with Crippen LogP contribution in [0.15, 0.2) is 188 Å². The first-order valence-electron chi connectivity index (χ1n) is 23.8. The van der Waals surface area contributed by atoms with E-state index in [4.69, 9.17) is 0 Å². The van der Waals surface area contributed by atoms with Gasteiger partial charge in [0.15, 0.2) is 0 Å². The van der Waals surface area contributed by atoms with Crippen molar-refractivity contribution in [1.82, 2.24) is 0 Å². The molecule has 13 rings (SSSR count). The molecule has 0 saturated heterocycles. The Morgan fingerprint density at radius 3 is 1.38 bits per heavy atom. The lowest BCUT2D eigenvalue weighted by molar-refractivity contribution is -0.00518. The summed E-state index contributed by atoms with van der Waals surface area (Å²) < 4.78 is 0. The van der Waals surface area contributed by atoms with Crippen LogP contribution in [-0.4, -0.2) is 0 Å². The van der Waals surface area contributed by atoms with Crippen molar-refractivity contribution < 1.29 is 0 Å². The van der Waals surface area contributed by atoms with Crippen molar-refractivity contribution >= 4 is 34.1 Å². The number of rotatable bonds is 9. The number of hydrogen-bond acceptors (Lipinski definition) is 2. The fraction of sp³-hybridized carbons (Fsp3) is 0.279. The van der Waals surface area contributed by atoms with Crippen LogP contribution in [0.5, 0.6) is 0 Å². The minimum atomic E-state index is -0.107. The highest BCUT2D eigenvalue weighted by Gasteiger charge is 2.51. The standard InChI is InChI=1S/C61H58N2/c1-59(2)57-19-11-10-18-55(57)56-33-32-54(39-58(56)59)63(50-16-8-4-9-17-50)53-30-24-48(25-31-53)61(34-12-5-13-35-61)47-22-28-52(29-23-47)62(49-14-6-3-7-15-49)51-26-20-46(21-27-51)60-40-43-36-44(41-60)38-45(37-43)42-60/h3-12,14-33,39,43-45H,13,34-38,40-42H2,1-2H3. The summed E-state index contributed by atoms with van der Waals surface area (Å²) in [7, 11) is 0. The minimum absolute atomic E-state index is 0.0684. The molecule has 2 heteroatoms. The summed E-state index contributed by atoms with van der Waals surface area (Å²) in [6, 6.07) is 66.7. The van der Waals surface area contributed by atoms with Crippen molar-refractivity contribution in [3.05, 3.63) is 216 Å². The Balaban J connectivity index is 0.872. The molecule has 0 aliphatic heterocycles. The Morgan fingerprint density at radius 1 is 0.413 bits per heavy atom. The van der Waals surface area contributed by atoms with Gasteiger partial charge in [-0.1, -0.05) is 129 Å². The van der Waals surface area contributed by atoms with Crippen LogP contribution in [0.1, 0.15) is 99.5 Å². The lowest BCUT2D eigenvalue weighted by Crippen LogP contribution is -2.48. The second-order valence-electron chi connectivity index (χ2n) is 20.4. The summed E-state index contributed by atoms with van der Waals surface area (Å²) in [6.45, 7) is 4.74. The van der Waals surface area contributed by atoms with E-state index in [9.17, 15) is 0 Å². The number of para-hydroxylation sites is 2. The van der Waals surface area contributed by atoms with Crippen LogP contribution < -0.4 is 9.80 Å². The smallest absolute Gasteiger partial charge is 0.0465 e. The van der Waals surface area contributed by atoms with Gasteiger partial charge in [-0.15, -0.1) is 0 Å². The van der Waals surface area contributed by atoms with Crippen LogP contribution in [0, 0.1) is 17.8 Å². The van der Waals surface area contributed by atoms with E-state index in [0.717, 1.165) is 42.7 Å². The van der Waals surface area contributed by atoms with E-state index in [-0.39, 0.29) is 10.8 Å². The summed E-state index contributed by atoms with van der Waals surface area (Å²) in [5.74, 6) is 2.84. The fourth-order valence-electron chi connectivity index (χ4n) is 13.7. The quantitative estimate of drug-likeness (QED) is 0.134. The predicted octanol–water partition coefficient (Wildman–Crippen LogP) is 16.4. The monoisotopic (exact) mass is 818 g/mol. The van der Waals surface area contributed by atoms with E-state index in [1.165, 1.54) is 100 Å². The van der Waals surface area contributed by atoms with Gasteiger partial charge < -0.3 is 9.80 Å². The first-order valence-corrected chi connectivity index (χ1v) is 23.8. The summed E-state index contributed by atoms with van der Waals surface area (Å²) in [4.78, 5) is 4.88. The normalized spacial score (nSPS) is 24.8. The SMILES string of the molecule is CC1(C)c2ccccc2-c2ccc(N(c3ccccc3)c3ccc(C4(c5ccc(N(c6ccccc6)c6ccc(C78CC9CC(CC(C9)C7)C8)cc6)cc5)CC=CCC4)cc3)cc21. The summed E-state index contributed by atoms with van der Waals surface area (Å²) in [5, 5.41) is 0. The molecule has 6 aliphatic rings. The van der Waals surface area contributed by atoms with Gasteiger partial charge in [-0.05, 0) is 193 Å². The molecule has 2 nitrogen and oxygen atoms in total. The van der Waals surface area contributed by atoms with Gasteiger partial charge in [0.25, 0.3) is 0 Å². The number of benzene rings is 7. The lowest BCUT2D eigenvalue weighted by atomic mass is 9.48. The van der Waals surface area contributed by atoms with Gasteiger partial charge in [0, 0.05) is 45.0 Å². The zero-order chi connectivity index (χ0) is 42.2. The topological polar surface area (TPSA) is 6.48 Å². The average molecular weight is 819 g/mol. The molecule has 0 radical (unpaired) electrons. The van der Waals surface area contributed by atoms with Crippen LogP contribution in [0.3, 0.4) is 0 Å². The van der Waals surface area contributed by atoms with Crippen molar-refractivity contribution in [2.24, 2.45) is 17.8 Å². The molecule has 6 aliphatic carbocycles. The number of nitrogens with zero attached hydrogens (tertiary/aromatic N) is 2. The van der Waals surface area contributed by atoms with E-state index in [2.05, 4.69) is 212 Å². The van der Waals surface area contributed by atoms with Gasteiger partial charge in [0.2, 0.25) is 0 Å². The summed E-state index contributed by atoms with van der Waals surface area (Å²) >= 11 is 0. The zero-order valence-electron chi connectivity index (χ0n) is 36.9. The minimum Gasteiger partial charge on any atom is -0.311 e. The Labute approximate surface area is 375 Å². The molecule has 0 amide bonds. The molecule has 63 heavy (non-hydrogen) atoms. The predicted molar refractivity (Wildman–Crippen MR) is 263 cm³/mol. The van der Waals surface area contributed by atoms with Crippen LogP contribution in [-0.2, 0) is 16.2 Å². The van der Waals surface area contributed by atoms with Gasteiger partial charge in [0.1, 0.15) is 0 Å². The first kappa shape index (κ1) is 38.5. The van der Waals surface area contributed by atoms with E-state index in [1.807, 2.05) is 0 Å². The molecule has 4 bridgehead atoms. The first-order chi connectivity index (χ1) is 30.9. The highest BCUT2D eigenvalue weighted by molar-refractivity contribution is 5.85. The van der Waals surface area contributed by atoms with Gasteiger partial charge in [-0.25, -0.2) is 0 Å². The number of anilines is 6. The molecule has 0 heterocycles. The lowest BCUT2D eigenvalue weighted by Gasteiger charge is -2.57. The number of allylic oxidation sites excluding steroid dienone is 2. The van der Waals surface area contributed by atoms with E-state index in [0.29, 0.717) is 5.41 Å². The largest absolute Gasteiger partial charge is 0.311 e. The third-order valence-corrected chi connectivity index (χ3v) is 16.4. The molecule has 7 aromatic rings. The maximum atomic E-state index is 2.49. The van der Waals surface area contributed by atoms with Crippen molar-refractivity contribution in [1.29, 1.82) is 0 Å². The molecule has 0 N–H and O–H groups in total.